The molecule has 3 heteroatoms. The van der Waals surface area contributed by atoms with Gasteiger partial charge in [-0.2, -0.15) is 0 Å². The smallest absolute Gasteiger partial charge is 0.00913 e. The Morgan fingerprint density at radius 1 is 1.00 bits per heavy atom. The van der Waals surface area contributed by atoms with Crippen molar-refractivity contribution in [1.29, 1.82) is 0 Å². The Bertz CT molecular complexity index is 445. The predicted octanol–water partition coefficient (Wildman–Crippen LogP) is 4.47. The van der Waals surface area contributed by atoms with Crippen LogP contribution in [0.25, 0.3) is 0 Å². The van der Waals surface area contributed by atoms with Crippen molar-refractivity contribution in [2.45, 2.75) is 32.1 Å². The van der Waals surface area contributed by atoms with Crippen molar-refractivity contribution in [1.82, 2.24) is 0 Å². The first-order valence-corrected chi connectivity index (χ1v) is 8.33. The molecule has 1 aromatic carbocycles. The average Bonchev–Trinajstić information content (AvgIpc) is 2.78. The van der Waals surface area contributed by atoms with Crippen LogP contribution in [0.5, 0.6) is 0 Å². The van der Waals surface area contributed by atoms with Gasteiger partial charge in [-0.3, -0.25) is 0 Å². The molecule has 0 saturated carbocycles. The van der Waals surface area contributed by atoms with E-state index in [-0.39, 0.29) is 16.3 Å². The van der Waals surface area contributed by atoms with E-state index in [2.05, 4.69) is 68.6 Å². The van der Waals surface area contributed by atoms with Crippen LogP contribution >= 0.6 is 19.3 Å². The van der Waals surface area contributed by atoms with Crippen molar-refractivity contribution < 1.29 is 0 Å². The van der Waals surface area contributed by atoms with Crippen LogP contribution < -0.4 is 5.30 Å². The van der Waals surface area contributed by atoms with Crippen LogP contribution in [0.4, 0.5) is 0 Å². The topological polar surface area (TPSA) is 0 Å². The molecule has 0 aliphatic heterocycles. The fourth-order valence-corrected chi connectivity index (χ4v) is 5.44. The molecule has 0 nitrogen and oxygen atoms in total. The second-order valence-corrected chi connectivity index (χ2v) is 9.23. The lowest BCUT2D eigenvalue weighted by Gasteiger charge is -2.31. The minimum atomic E-state index is -0.137. The molecule has 0 amide bonds. The molecule has 93 valence electrons. The zero-order chi connectivity index (χ0) is 12.3. The lowest BCUT2D eigenvalue weighted by atomic mass is 10.3. The first kappa shape index (κ1) is 15.5. The highest BCUT2D eigenvalue weighted by atomic mass is 32.1. The second kappa shape index (κ2) is 6.54. The third kappa shape index (κ3) is 3.97. The Morgan fingerprint density at radius 3 is 2.17 bits per heavy atom. The summed E-state index contributed by atoms with van der Waals surface area (Å²) >= 11 is 1.88. The van der Waals surface area contributed by atoms with Crippen molar-refractivity contribution in [3.63, 3.8) is 0 Å². The fourth-order valence-electron chi connectivity index (χ4n) is 1.88. The Balaban J connectivity index is 0.00000162. The molecule has 0 aliphatic rings. The summed E-state index contributed by atoms with van der Waals surface area (Å²) in [6.07, 6.45) is 1.21. The Labute approximate surface area is 118 Å². The molecule has 0 saturated heterocycles. The van der Waals surface area contributed by atoms with Crippen molar-refractivity contribution in [2.75, 3.05) is 0 Å². The first-order valence-electron chi connectivity index (χ1n) is 5.92. The zero-order valence-electron chi connectivity index (χ0n) is 11.3. The largest absolute Gasteiger partial charge is 0.149 e. The van der Waals surface area contributed by atoms with Crippen LogP contribution in [0.3, 0.4) is 0 Å². The van der Waals surface area contributed by atoms with Gasteiger partial charge in [0.1, 0.15) is 0 Å². The minimum Gasteiger partial charge on any atom is -0.149 e. The Kier molecular flexibility index (Phi) is 5.62. The van der Waals surface area contributed by atoms with Crippen LogP contribution in [0.2, 0.25) is 0 Å². The number of rotatable bonds is 3. The quantitative estimate of drug-likeness (QED) is 0.571. The summed E-state index contributed by atoms with van der Waals surface area (Å²) < 4.78 is 0. The summed E-state index contributed by atoms with van der Waals surface area (Å²) in [5.41, 5.74) is 0. The van der Waals surface area contributed by atoms with Crippen LogP contribution in [-0.4, -0.2) is 13.6 Å². The molecule has 0 bridgehead atoms. The van der Waals surface area contributed by atoms with E-state index in [1.54, 1.807) is 0 Å². The maximum Gasteiger partial charge on any atom is 0.00913 e. The molecule has 1 heterocycles. The SMILES string of the molecule is CC(C)(C)[P@](Cc1cccs1)c1ccccc1.[B]. The summed E-state index contributed by atoms with van der Waals surface area (Å²) in [4.78, 5) is 1.51. The van der Waals surface area contributed by atoms with Crippen LogP contribution in [-0.2, 0) is 6.16 Å². The number of benzene rings is 1. The summed E-state index contributed by atoms with van der Waals surface area (Å²) in [5, 5.41) is 4.06. The van der Waals surface area contributed by atoms with Gasteiger partial charge < -0.3 is 0 Å². The van der Waals surface area contributed by atoms with E-state index >= 15 is 0 Å². The first-order chi connectivity index (χ1) is 8.07. The lowest BCUT2D eigenvalue weighted by Crippen LogP contribution is -2.20. The molecule has 1 atom stereocenters. The van der Waals surface area contributed by atoms with Crippen molar-refractivity contribution in [3.8, 4) is 0 Å². The minimum absolute atomic E-state index is 0. The summed E-state index contributed by atoms with van der Waals surface area (Å²) in [6, 6.07) is 15.4. The van der Waals surface area contributed by atoms with Gasteiger partial charge in [-0.25, -0.2) is 0 Å². The maximum absolute atomic E-state index is 2.36. The molecule has 18 heavy (non-hydrogen) atoms. The van der Waals surface area contributed by atoms with Crippen molar-refractivity contribution in [2.24, 2.45) is 0 Å². The van der Waals surface area contributed by atoms with Crippen molar-refractivity contribution in [3.05, 3.63) is 52.7 Å². The third-order valence-electron chi connectivity index (χ3n) is 2.77. The lowest BCUT2D eigenvalue weighted by molar-refractivity contribution is 0.786. The van der Waals surface area contributed by atoms with Gasteiger partial charge in [-0.1, -0.05) is 65.1 Å². The van der Waals surface area contributed by atoms with E-state index in [1.807, 2.05) is 11.3 Å². The molecule has 0 aliphatic carbocycles. The Hall–Kier alpha value is -0.585. The molecular formula is C15H19BPS. The van der Waals surface area contributed by atoms with Gasteiger partial charge >= 0.3 is 0 Å². The number of thiophene rings is 1. The average molecular weight is 273 g/mol. The molecule has 0 unspecified atom stereocenters. The van der Waals surface area contributed by atoms with E-state index < -0.39 is 0 Å². The van der Waals surface area contributed by atoms with Gasteiger partial charge in [-0.15, -0.1) is 11.3 Å². The van der Waals surface area contributed by atoms with E-state index in [9.17, 15) is 0 Å². The monoisotopic (exact) mass is 273 g/mol. The Morgan fingerprint density at radius 2 is 1.67 bits per heavy atom. The standard InChI is InChI=1S/C15H19PS.B/c1-15(2,3)16(12-14-10-7-11-17-14)13-8-5-4-6-9-13;/h4-11H,12H2,1-3H3;/t16-;/m1./s1. The van der Waals surface area contributed by atoms with Gasteiger partial charge in [-0.05, 0) is 21.9 Å². The number of hydrogen-bond acceptors (Lipinski definition) is 1. The van der Waals surface area contributed by atoms with Crippen LogP contribution in [0, 0.1) is 0 Å². The highest BCUT2D eigenvalue weighted by molar-refractivity contribution is 7.66. The molecule has 2 rings (SSSR count). The molecule has 3 radical (unpaired) electrons. The predicted molar refractivity (Wildman–Crippen MR) is 86.5 cm³/mol. The fraction of sp³-hybridized carbons (Fsp3) is 0.333. The molecule has 1 aromatic heterocycles. The highest BCUT2D eigenvalue weighted by Crippen LogP contribution is 2.51. The molecule has 2 aromatic rings. The summed E-state index contributed by atoms with van der Waals surface area (Å²) in [7, 11) is -0.137. The van der Waals surface area contributed by atoms with Gasteiger partial charge in [0.25, 0.3) is 0 Å². The van der Waals surface area contributed by atoms with Gasteiger partial charge in [0.05, 0.1) is 0 Å². The van der Waals surface area contributed by atoms with Gasteiger partial charge in [0, 0.05) is 19.5 Å². The molecular weight excluding hydrogens is 254 g/mol. The van der Waals surface area contributed by atoms with Gasteiger partial charge in [0.2, 0.25) is 0 Å². The van der Waals surface area contributed by atoms with E-state index in [0.29, 0.717) is 5.16 Å². The van der Waals surface area contributed by atoms with E-state index in [1.165, 1.54) is 16.3 Å². The maximum atomic E-state index is 2.36. The van der Waals surface area contributed by atoms with Crippen LogP contribution in [0.15, 0.2) is 47.8 Å². The molecule has 0 N–H and O–H groups in total. The number of hydrogen-bond donors (Lipinski definition) is 0. The van der Waals surface area contributed by atoms with E-state index in [0.717, 1.165) is 0 Å². The zero-order valence-corrected chi connectivity index (χ0v) is 13.0. The molecule has 0 fully saturated rings. The summed E-state index contributed by atoms with van der Waals surface area (Å²) in [5.74, 6) is 0. The van der Waals surface area contributed by atoms with Crippen molar-refractivity contribution >= 4 is 33.0 Å². The third-order valence-corrected chi connectivity index (χ3v) is 7.06. The summed E-state index contributed by atoms with van der Waals surface area (Å²) in [6.45, 7) is 7.08. The van der Waals surface area contributed by atoms with Crippen LogP contribution in [0.1, 0.15) is 25.6 Å². The molecule has 0 spiro atoms. The van der Waals surface area contributed by atoms with Gasteiger partial charge in [0.15, 0.2) is 0 Å². The normalized spacial score (nSPS) is 12.8. The highest BCUT2D eigenvalue weighted by Gasteiger charge is 2.25. The van der Waals surface area contributed by atoms with E-state index in [4.69, 9.17) is 0 Å². The second-order valence-electron chi connectivity index (χ2n) is 5.17.